The summed E-state index contributed by atoms with van der Waals surface area (Å²) >= 11 is 6.27. The summed E-state index contributed by atoms with van der Waals surface area (Å²) < 4.78 is 0. The lowest BCUT2D eigenvalue weighted by Gasteiger charge is -2.38. The van der Waals surface area contributed by atoms with Gasteiger partial charge < -0.3 is 20.4 Å². The van der Waals surface area contributed by atoms with Crippen molar-refractivity contribution >= 4 is 29.2 Å². The highest BCUT2D eigenvalue weighted by atomic mass is 35.5. The Labute approximate surface area is 148 Å². The molecule has 0 bridgehead atoms. The second kappa shape index (κ2) is 9.37. The van der Waals surface area contributed by atoms with Gasteiger partial charge in [-0.3, -0.25) is 9.79 Å². The number of hydrogen-bond donors (Lipinski definition) is 2. The highest BCUT2D eigenvalue weighted by Gasteiger charge is 2.21. The van der Waals surface area contributed by atoms with Gasteiger partial charge in [-0.1, -0.05) is 30.7 Å². The summed E-state index contributed by atoms with van der Waals surface area (Å²) in [6, 6.07) is 7.90. The van der Waals surface area contributed by atoms with Crippen LogP contribution in [0.4, 0.5) is 5.69 Å². The van der Waals surface area contributed by atoms with Gasteiger partial charge in [0.05, 0.1) is 17.3 Å². The van der Waals surface area contributed by atoms with Gasteiger partial charge in [0.1, 0.15) is 0 Å². The SMILES string of the molecule is CCCNC(=O)CNC(=NC)N1CCN(c2ccccc2Cl)CC1. The zero-order chi connectivity index (χ0) is 17.4. The molecule has 0 aliphatic carbocycles. The van der Waals surface area contributed by atoms with Gasteiger partial charge in [0.25, 0.3) is 0 Å². The Bertz CT molecular complexity index is 570. The number of carbonyl (C=O) groups excluding carboxylic acids is 1. The quantitative estimate of drug-likeness (QED) is 0.624. The minimum absolute atomic E-state index is 0.00676. The molecule has 1 saturated heterocycles. The van der Waals surface area contributed by atoms with E-state index in [1.807, 2.05) is 31.2 Å². The van der Waals surface area contributed by atoms with Gasteiger partial charge >= 0.3 is 0 Å². The summed E-state index contributed by atoms with van der Waals surface area (Å²) in [6.45, 7) is 6.39. The number of aliphatic imine (C=N–C) groups is 1. The number of hydrogen-bond acceptors (Lipinski definition) is 3. The molecule has 1 fully saturated rings. The predicted octanol–water partition coefficient (Wildman–Crippen LogP) is 1.56. The molecule has 0 aromatic heterocycles. The molecule has 1 aliphatic rings. The third kappa shape index (κ3) is 5.03. The molecule has 132 valence electrons. The molecule has 1 aromatic carbocycles. The molecule has 0 atom stereocenters. The van der Waals surface area contributed by atoms with E-state index in [1.165, 1.54) is 0 Å². The minimum atomic E-state index is -0.00676. The summed E-state index contributed by atoms with van der Waals surface area (Å²) in [5.41, 5.74) is 1.07. The number of piperazine rings is 1. The fraction of sp³-hybridized carbons (Fsp3) is 0.529. The molecule has 1 aliphatic heterocycles. The van der Waals surface area contributed by atoms with E-state index in [0.29, 0.717) is 6.54 Å². The molecule has 1 amide bonds. The zero-order valence-electron chi connectivity index (χ0n) is 14.4. The van der Waals surface area contributed by atoms with Gasteiger partial charge in [-0.2, -0.15) is 0 Å². The van der Waals surface area contributed by atoms with E-state index in [9.17, 15) is 4.79 Å². The van der Waals surface area contributed by atoms with Gasteiger partial charge in [0.15, 0.2) is 5.96 Å². The van der Waals surface area contributed by atoms with Crippen LogP contribution in [-0.2, 0) is 4.79 Å². The third-order valence-corrected chi connectivity index (χ3v) is 4.28. The maximum Gasteiger partial charge on any atom is 0.239 e. The van der Waals surface area contributed by atoms with Crippen molar-refractivity contribution in [1.82, 2.24) is 15.5 Å². The standard InChI is InChI=1S/C17H26ClN5O/c1-3-8-20-16(24)13-21-17(19-2)23-11-9-22(10-12-23)15-7-5-4-6-14(15)18/h4-7H,3,8-13H2,1-2H3,(H,19,21)(H,20,24). The predicted molar refractivity (Wildman–Crippen MR) is 99.9 cm³/mol. The topological polar surface area (TPSA) is 60.0 Å². The normalized spacial score (nSPS) is 15.4. The van der Waals surface area contributed by atoms with Crippen molar-refractivity contribution in [3.63, 3.8) is 0 Å². The van der Waals surface area contributed by atoms with Crippen LogP contribution in [0.15, 0.2) is 29.3 Å². The van der Waals surface area contributed by atoms with Crippen LogP contribution in [0.2, 0.25) is 5.02 Å². The molecule has 1 heterocycles. The first-order chi connectivity index (χ1) is 11.7. The van der Waals surface area contributed by atoms with Crippen LogP contribution >= 0.6 is 11.6 Å². The molecule has 0 unspecified atom stereocenters. The number of para-hydroxylation sites is 1. The van der Waals surface area contributed by atoms with E-state index in [0.717, 1.165) is 49.3 Å². The smallest absolute Gasteiger partial charge is 0.239 e. The first-order valence-corrected chi connectivity index (χ1v) is 8.75. The van der Waals surface area contributed by atoms with Crippen molar-refractivity contribution in [3.05, 3.63) is 29.3 Å². The van der Waals surface area contributed by atoms with Crippen molar-refractivity contribution in [2.45, 2.75) is 13.3 Å². The monoisotopic (exact) mass is 351 g/mol. The second-order valence-corrected chi connectivity index (χ2v) is 6.08. The summed E-state index contributed by atoms with van der Waals surface area (Å²) in [5.74, 6) is 0.758. The van der Waals surface area contributed by atoms with Gasteiger partial charge in [-0.15, -0.1) is 0 Å². The molecular formula is C17H26ClN5O. The van der Waals surface area contributed by atoms with E-state index < -0.39 is 0 Å². The van der Waals surface area contributed by atoms with E-state index >= 15 is 0 Å². The maximum absolute atomic E-state index is 11.7. The molecule has 2 N–H and O–H groups in total. The highest BCUT2D eigenvalue weighted by Crippen LogP contribution is 2.25. The number of guanidine groups is 1. The molecule has 0 saturated carbocycles. The summed E-state index contributed by atoms with van der Waals surface area (Å²) in [4.78, 5) is 20.4. The maximum atomic E-state index is 11.7. The number of anilines is 1. The Morgan fingerprint density at radius 2 is 1.92 bits per heavy atom. The average Bonchev–Trinajstić information content (AvgIpc) is 2.61. The van der Waals surface area contributed by atoms with Crippen molar-refractivity contribution in [2.24, 2.45) is 4.99 Å². The molecule has 6 nitrogen and oxygen atoms in total. The number of halogens is 1. The summed E-state index contributed by atoms with van der Waals surface area (Å²) in [7, 11) is 1.74. The number of benzene rings is 1. The summed E-state index contributed by atoms with van der Waals surface area (Å²) in [6.07, 6.45) is 0.935. The van der Waals surface area contributed by atoms with E-state index in [4.69, 9.17) is 11.6 Å². The number of nitrogens with zero attached hydrogens (tertiary/aromatic N) is 3. The van der Waals surface area contributed by atoms with Gasteiger partial charge in [0.2, 0.25) is 5.91 Å². The lowest BCUT2D eigenvalue weighted by Crippen LogP contribution is -2.53. The Morgan fingerprint density at radius 1 is 1.21 bits per heavy atom. The lowest BCUT2D eigenvalue weighted by atomic mass is 10.2. The van der Waals surface area contributed by atoms with Crippen LogP contribution < -0.4 is 15.5 Å². The highest BCUT2D eigenvalue weighted by molar-refractivity contribution is 6.33. The molecule has 24 heavy (non-hydrogen) atoms. The Morgan fingerprint density at radius 3 is 2.54 bits per heavy atom. The van der Waals surface area contributed by atoms with Crippen molar-refractivity contribution in [2.75, 3.05) is 51.2 Å². The first-order valence-electron chi connectivity index (χ1n) is 8.37. The van der Waals surface area contributed by atoms with Crippen LogP contribution in [0.5, 0.6) is 0 Å². The molecule has 0 radical (unpaired) electrons. The fourth-order valence-electron chi connectivity index (χ4n) is 2.69. The molecular weight excluding hydrogens is 326 g/mol. The Hall–Kier alpha value is -1.95. The van der Waals surface area contributed by atoms with E-state index in [1.54, 1.807) is 7.05 Å². The van der Waals surface area contributed by atoms with Crippen LogP contribution in [0.3, 0.4) is 0 Å². The number of carbonyl (C=O) groups is 1. The largest absolute Gasteiger partial charge is 0.367 e. The molecule has 1 aromatic rings. The van der Waals surface area contributed by atoms with Gasteiger partial charge in [-0.05, 0) is 18.6 Å². The first kappa shape index (κ1) is 18.4. The summed E-state index contributed by atoms with van der Waals surface area (Å²) in [5, 5.41) is 6.76. The van der Waals surface area contributed by atoms with Crippen LogP contribution in [0, 0.1) is 0 Å². The van der Waals surface area contributed by atoms with Crippen LogP contribution in [0.1, 0.15) is 13.3 Å². The fourth-order valence-corrected chi connectivity index (χ4v) is 2.94. The molecule has 7 heteroatoms. The Kier molecular flexibility index (Phi) is 7.18. The lowest BCUT2D eigenvalue weighted by molar-refractivity contribution is -0.120. The Balaban J connectivity index is 1.84. The van der Waals surface area contributed by atoms with E-state index in [-0.39, 0.29) is 12.5 Å². The third-order valence-electron chi connectivity index (χ3n) is 3.96. The minimum Gasteiger partial charge on any atom is -0.367 e. The number of amides is 1. The van der Waals surface area contributed by atoms with Gasteiger partial charge in [-0.25, -0.2) is 0 Å². The average molecular weight is 352 g/mol. The van der Waals surface area contributed by atoms with Crippen molar-refractivity contribution in [1.29, 1.82) is 0 Å². The van der Waals surface area contributed by atoms with Crippen LogP contribution in [0.25, 0.3) is 0 Å². The molecule has 2 rings (SSSR count). The molecule has 0 spiro atoms. The van der Waals surface area contributed by atoms with Crippen molar-refractivity contribution < 1.29 is 4.79 Å². The second-order valence-electron chi connectivity index (χ2n) is 5.68. The number of rotatable bonds is 5. The van der Waals surface area contributed by atoms with Gasteiger partial charge in [0, 0.05) is 39.8 Å². The number of nitrogens with one attached hydrogen (secondary N) is 2. The van der Waals surface area contributed by atoms with E-state index in [2.05, 4.69) is 25.4 Å². The van der Waals surface area contributed by atoms with Crippen molar-refractivity contribution in [3.8, 4) is 0 Å². The zero-order valence-corrected chi connectivity index (χ0v) is 15.1. The van der Waals surface area contributed by atoms with Crippen LogP contribution in [-0.4, -0.2) is 63.1 Å².